The van der Waals surface area contributed by atoms with Crippen LogP contribution in [0.3, 0.4) is 0 Å². The van der Waals surface area contributed by atoms with Crippen molar-refractivity contribution in [2.24, 2.45) is 0 Å². The number of rotatable bonds is 13. The number of carbonyl (C=O) groups is 1. The van der Waals surface area contributed by atoms with E-state index in [1.165, 1.54) is 57.8 Å². The molecule has 0 saturated carbocycles. The number of carboxylic acids is 1. The minimum absolute atomic E-state index is 0. The Labute approximate surface area is 132 Å². The van der Waals surface area contributed by atoms with Crippen molar-refractivity contribution >= 4 is 25.8 Å². The molecule has 19 heavy (non-hydrogen) atoms. The Bertz CT molecular complexity index is 215. The van der Waals surface area contributed by atoms with E-state index >= 15 is 0 Å². The Hall–Kier alpha value is -0.154. The van der Waals surface area contributed by atoms with Gasteiger partial charge in [0.2, 0.25) is 0 Å². The summed E-state index contributed by atoms with van der Waals surface area (Å²) < 4.78 is 0. The van der Waals surface area contributed by atoms with Crippen LogP contribution in [0.25, 0.3) is 0 Å². The van der Waals surface area contributed by atoms with Crippen molar-refractivity contribution in [3.05, 3.63) is 12.2 Å². The first-order chi connectivity index (χ1) is 8.77. The molecule has 0 fully saturated rings. The third-order valence-corrected chi connectivity index (χ3v) is 3.15. The Morgan fingerprint density at radius 3 is 1.84 bits per heavy atom. The third kappa shape index (κ3) is 20.3. The van der Waals surface area contributed by atoms with Gasteiger partial charge in [0.05, 0.1) is 0 Å². The summed E-state index contributed by atoms with van der Waals surface area (Å²) in [5.41, 5.74) is 0. The molecule has 0 bridgehead atoms. The molecule has 1 N–H and O–H groups in total. The van der Waals surface area contributed by atoms with Crippen LogP contribution in [0.4, 0.5) is 0 Å². The number of allylic oxidation sites excluding steroid dienone is 2. The van der Waals surface area contributed by atoms with Gasteiger partial charge in [-0.3, -0.25) is 4.79 Å². The van der Waals surface area contributed by atoms with Crippen LogP contribution in [-0.4, -0.2) is 30.9 Å². The molecule has 0 rings (SSSR count). The summed E-state index contributed by atoms with van der Waals surface area (Å²) in [5.74, 6) is -0.666. The Balaban J connectivity index is 0. The zero-order valence-electron chi connectivity index (χ0n) is 12.0. The fourth-order valence-corrected chi connectivity index (χ4v) is 1.99. The molecule has 0 aromatic rings. The Morgan fingerprint density at radius 2 is 1.32 bits per heavy atom. The SMILES string of the molecule is CCCCCC/C=C\CCCCCCCC(=O)O.[GaH3]. The van der Waals surface area contributed by atoms with Crippen LogP contribution in [0.5, 0.6) is 0 Å². The third-order valence-electron chi connectivity index (χ3n) is 3.15. The van der Waals surface area contributed by atoms with E-state index < -0.39 is 5.97 Å². The monoisotopic (exact) mass is 326 g/mol. The summed E-state index contributed by atoms with van der Waals surface area (Å²) in [6.07, 6.45) is 18.3. The van der Waals surface area contributed by atoms with Gasteiger partial charge < -0.3 is 5.11 Å². The maximum atomic E-state index is 10.3. The van der Waals surface area contributed by atoms with Gasteiger partial charge in [0.15, 0.2) is 0 Å². The number of carboxylic acid groups (broad SMARTS) is 1. The molecule has 0 unspecified atom stereocenters. The van der Waals surface area contributed by atoms with E-state index in [2.05, 4.69) is 19.1 Å². The molecule has 0 aromatic carbocycles. The van der Waals surface area contributed by atoms with E-state index in [9.17, 15) is 4.79 Å². The summed E-state index contributed by atoms with van der Waals surface area (Å²) in [7, 11) is 0. The van der Waals surface area contributed by atoms with Crippen LogP contribution in [0.15, 0.2) is 12.2 Å². The average Bonchev–Trinajstić information content (AvgIpc) is 2.34. The predicted octanol–water partition coefficient (Wildman–Crippen LogP) is 4.14. The summed E-state index contributed by atoms with van der Waals surface area (Å²) >= 11 is 0. The second-order valence-corrected chi connectivity index (χ2v) is 5.02. The van der Waals surface area contributed by atoms with Gasteiger partial charge in [0.25, 0.3) is 0 Å². The molecule has 112 valence electrons. The second-order valence-electron chi connectivity index (χ2n) is 5.02. The van der Waals surface area contributed by atoms with E-state index in [0.29, 0.717) is 6.42 Å². The Morgan fingerprint density at radius 1 is 0.842 bits per heavy atom. The number of hydrogen-bond acceptors (Lipinski definition) is 1. The molecule has 0 heterocycles. The van der Waals surface area contributed by atoms with Crippen LogP contribution in [0.2, 0.25) is 0 Å². The molecule has 0 aliphatic carbocycles. The number of hydrogen-bond donors (Lipinski definition) is 1. The summed E-state index contributed by atoms with van der Waals surface area (Å²) in [5, 5.41) is 8.48. The normalized spacial score (nSPS) is 10.6. The second kappa shape index (κ2) is 17.8. The van der Waals surface area contributed by atoms with E-state index in [4.69, 9.17) is 5.11 Å². The molecule has 2 nitrogen and oxygen atoms in total. The van der Waals surface area contributed by atoms with Crippen molar-refractivity contribution in [2.75, 3.05) is 0 Å². The molecule has 0 spiro atoms. The number of unbranched alkanes of at least 4 members (excludes halogenated alkanes) is 9. The van der Waals surface area contributed by atoms with E-state index in [1.54, 1.807) is 0 Å². The van der Waals surface area contributed by atoms with Gasteiger partial charge in [0.1, 0.15) is 0 Å². The van der Waals surface area contributed by atoms with Crippen LogP contribution < -0.4 is 0 Å². The molecule has 0 aliphatic heterocycles. The van der Waals surface area contributed by atoms with Gasteiger partial charge in [0, 0.05) is 6.42 Å². The van der Waals surface area contributed by atoms with Crippen molar-refractivity contribution in [3.63, 3.8) is 0 Å². The fraction of sp³-hybridized carbons (Fsp3) is 0.812. The summed E-state index contributed by atoms with van der Waals surface area (Å²) in [6.45, 7) is 2.24. The first kappa shape index (κ1) is 21.2. The molecular weight excluding hydrogens is 294 g/mol. The van der Waals surface area contributed by atoms with Crippen molar-refractivity contribution in [2.45, 2.75) is 84.0 Å². The molecular formula is C16H33GaO2. The van der Waals surface area contributed by atoms with Gasteiger partial charge in [-0.25, -0.2) is 0 Å². The molecule has 3 heteroatoms. The maximum absolute atomic E-state index is 10.3. The van der Waals surface area contributed by atoms with Crippen molar-refractivity contribution < 1.29 is 9.90 Å². The standard InChI is InChI=1S/C16H30O2.Ga.3H/c1-2-3-4-5-6-7-8-9-10-11-12-13-14-15-16(17)18;;;;/h7-8H,2-6,9-15H2,1H3,(H,17,18);;;;/b8-7-;;;;. The van der Waals surface area contributed by atoms with Gasteiger partial charge in [-0.2, -0.15) is 0 Å². The van der Waals surface area contributed by atoms with E-state index in [1.807, 2.05) is 0 Å². The van der Waals surface area contributed by atoms with Crippen molar-refractivity contribution in [1.29, 1.82) is 0 Å². The van der Waals surface area contributed by atoms with Gasteiger partial charge in [-0.15, -0.1) is 0 Å². The van der Waals surface area contributed by atoms with Crippen molar-refractivity contribution in [1.82, 2.24) is 0 Å². The topological polar surface area (TPSA) is 37.3 Å². The molecule has 0 atom stereocenters. The molecule has 0 amide bonds. The predicted molar refractivity (Wildman–Crippen MR) is 87.8 cm³/mol. The van der Waals surface area contributed by atoms with Crippen LogP contribution in [0.1, 0.15) is 84.0 Å². The van der Waals surface area contributed by atoms with E-state index in [-0.39, 0.29) is 19.8 Å². The van der Waals surface area contributed by atoms with E-state index in [0.717, 1.165) is 12.8 Å². The van der Waals surface area contributed by atoms with Gasteiger partial charge in [-0.1, -0.05) is 57.6 Å². The van der Waals surface area contributed by atoms with Crippen LogP contribution >= 0.6 is 0 Å². The minimum atomic E-state index is -0.666. The van der Waals surface area contributed by atoms with Crippen LogP contribution in [-0.2, 0) is 4.79 Å². The number of aliphatic carboxylic acids is 1. The molecule has 0 aliphatic rings. The summed E-state index contributed by atoms with van der Waals surface area (Å²) in [6, 6.07) is 0. The fourth-order valence-electron chi connectivity index (χ4n) is 1.99. The summed E-state index contributed by atoms with van der Waals surface area (Å²) in [4.78, 5) is 10.3. The average molecular weight is 327 g/mol. The molecule has 0 saturated heterocycles. The zero-order chi connectivity index (χ0) is 13.5. The van der Waals surface area contributed by atoms with Crippen LogP contribution in [0, 0.1) is 0 Å². The quantitative estimate of drug-likeness (QED) is 0.313. The van der Waals surface area contributed by atoms with Gasteiger partial charge >= 0.3 is 25.8 Å². The van der Waals surface area contributed by atoms with Crippen molar-refractivity contribution in [3.8, 4) is 0 Å². The molecule has 0 aromatic heterocycles. The zero-order valence-corrected chi connectivity index (χ0v) is 12.0. The first-order valence-electron chi connectivity index (χ1n) is 7.64. The van der Waals surface area contributed by atoms with Gasteiger partial charge in [-0.05, 0) is 32.1 Å². The first-order valence-corrected chi connectivity index (χ1v) is 7.64. The molecule has 0 radical (unpaired) electrons. The Kier molecular flexibility index (Phi) is 19.9.